The Morgan fingerprint density at radius 1 is 1.31 bits per heavy atom. The summed E-state index contributed by atoms with van der Waals surface area (Å²) < 4.78 is 2.07. The molecule has 1 aromatic rings. The summed E-state index contributed by atoms with van der Waals surface area (Å²) in [7, 11) is 0. The molecule has 0 aliphatic carbocycles. The summed E-state index contributed by atoms with van der Waals surface area (Å²) in [5, 5.41) is 0. The minimum atomic E-state index is 0.948. The quantitative estimate of drug-likeness (QED) is 0.492. The first-order valence-corrected chi connectivity index (χ1v) is 4.75. The average molecular weight is 176 g/mol. The first-order valence-electron chi connectivity index (χ1n) is 4.75. The van der Waals surface area contributed by atoms with Gasteiger partial charge in [-0.2, -0.15) is 0 Å². The van der Waals surface area contributed by atoms with E-state index in [2.05, 4.69) is 50.3 Å². The minimum Gasteiger partial charge on any atom is -0.238 e. The van der Waals surface area contributed by atoms with Gasteiger partial charge in [-0.15, -0.1) is 0 Å². The fourth-order valence-electron chi connectivity index (χ4n) is 1.32. The van der Waals surface area contributed by atoms with Crippen LogP contribution in [0.4, 0.5) is 0 Å². The Hall–Kier alpha value is -1.11. The molecule has 0 bridgehead atoms. The van der Waals surface area contributed by atoms with Crippen molar-refractivity contribution in [1.82, 2.24) is 0 Å². The summed E-state index contributed by atoms with van der Waals surface area (Å²) in [5.41, 5.74) is 4.06. The van der Waals surface area contributed by atoms with E-state index >= 15 is 0 Å². The van der Waals surface area contributed by atoms with Crippen LogP contribution in [0, 0.1) is 13.8 Å². The third-order valence-corrected chi connectivity index (χ3v) is 2.35. The summed E-state index contributed by atoms with van der Waals surface area (Å²) in [6.45, 7) is 12.3. The van der Waals surface area contributed by atoms with Crippen molar-refractivity contribution in [3.05, 3.63) is 34.9 Å². The fraction of sp³-hybridized carbons (Fsp3) is 0.417. The van der Waals surface area contributed by atoms with E-state index in [4.69, 9.17) is 0 Å². The smallest absolute Gasteiger partial charge is 0.167 e. The highest BCUT2D eigenvalue weighted by Gasteiger charge is 2.03. The van der Waals surface area contributed by atoms with E-state index in [0.717, 1.165) is 13.1 Å². The van der Waals surface area contributed by atoms with Crippen LogP contribution in [0.1, 0.15) is 23.6 Å². The second-order valence-corrected chi connectivity index (χ2v) is 3.58. The molecule has 0 atom stereocenters. The molecule has 0 N–H and O–H groups in total. The molecule has 0 unspecified atom stereocenters. The third-order valence-electron chi connectivity index (χ3n) is 2.35. The van der Waals surface area contributed by atoms with E-state index in [0.29, 0.717) is 0 Å². The van der Waals surface area contributed by atoms with Gasteiger partial charge in [-0.25, -0.2) is 4.58 Å². The van der Waals surface area contributed by atoms with Crippen molar-refractivity contribution in [2.24, 2.45) is 0 Å². The van der Waals surface area contributed by atoms with Crippen molar-refractivity contribution in [2.75, 3.05) is 6.54 Å². The van der Waals surface area contributed by atoms with Gasteiger partial charge in [0, 0.05) is 5.56 Å². The summed E-state index contributed by atoms with van der Waals surface area (Å²) in [5.74, 6) is 0. The molecule has 0 heterocycles. The molecular formula is C12H18N+. The van der Waals surface area contributed by atoms with Crippen LogP contribution < -0.4 is 0 Å². The Balaban J connectivity index is 2.87. The van der Waals surface area contributed by atoms with Crippen LogP contribution in [-0.4, -0.2) is 17.8 Å². The predicted octanol–water partition coefficient (Wildman–Crippen LogP) is 2.54. The third kappa shape index (κ3) is 2.69. The van der Waals surface area contributed by atoms with E-state index in [1.807, 2.05) is 0 Å². The Morgan fingerprint density at radius 3 is 2.62 bits per heavy atom. The molecule has 1 nitrogen and oxygen atoms in total. The van der Waals surface area contributed by atoms with Crippen molar-refractivity contribution >= 4 is 6.72 Å². The molecule has 1 rings (SSSR count). The Kier molecular flexibility index (Phi) is 3.24. The molecule has 1 heteroatoms. The van der Waals surface area contributed by atoms with E-state index in [9.17, 15) is 0 Å². The van der Waals surface area contributed by atoms with Gasteiger partial charge in [0.15, 0.2) is 6.54 Å². The lowest BCUT2D eigenvalue weighted by Crippen LogP contribution is -2.09. The monoisotopic (exact) mass is 176 g/mol. The zero-order valence-corrected chi connectivity index (χ0v) is 8.80. The molecule has 0 saturated heterocycles. The first-order chi connectivity index (χ1) is 6.13. The molecule has 0 radical (unpaired) electrons. The Bertz CT molecular complexity index is 313. The van der Waals surface area contributed by atoms with Crippen LogP contribution in [0.2, 0.25) is 0 Å². The Morgan fingerprint density at radius 2 is 2.00 bits per heavy atom. The predicted molar refractivity (Wildman–Crippen MR) is 57.5 cm³/mol. The molecule has 0 aliphatic heterocycles. The van der Waals surface area contributed by atoms with Gasteiger partial charge in [-0.3, -0.25) is 0 Å². The number of hydrogen-bond acceptors (Lipinski definition) is 0. The molecule has 1 aromatic carbocycles. The minimum absolute atomic E-state index is 0.948. The lowest BCUT2D eigenvalue weighted by Gasteiger charge is -2.04. The lowest BCUT2D eigenvalue weighted by molar-refractivity contribution is -0.532. The number of benzene rings is 1. The summed E-state index contributed by atoms with van der Waals surface area (Å²) in [6, 6.07) is 6.57. The largest absolute Gasteiger partial charge is 0.238 e. The van der Waals surface area contributed by atoms with Gasteiger partial charge in [-0.05, 0) is 32.4 Å². The van der Waals surface area contributed by atoms with Crippen LogP contribution in [0.5, 0.6) is 0 Å². The maximum atomic E-state index is 3.96. The van der Waals surface area contributed by atoms with Gasteiger partial charge < -0.3 is 0 Å². The lowest BCUT2D eigenvalue weighted by atomic mass is 10.1. The van der Waals surface area contributed by atoms with Crippen LogP contribution in [0.25, 0.3) is 0 Å². The number of nitrogens with zero attached hydrogens (tertiary/aromatic N) is 1. The summed E-state index contributed by atoms with van der Waals surface area (Å²) in [4.78, 5) is 0. The first kappa shape index (κ1) is 9.97. The summed E-state index contributed by atoms with van der Waals surface area (Å²) in [6.07, 6.45) is 0. The number of rotatable bonds is 3. The van der Waals surface area contributed by atoms with Gasteiger partial charge in [0.2, 0.25) is 0 Å². The summed E-state index contributed by atoms with van der Waals surface area (Å²) >= 11 is 0. The normalized spacial score (nSPS) is 10.1. The van der Waals surface area contributed by atoms with Crippen LogP contribution in [0.3, 0.4) is 0 Å². The highest BCUT2D eigenvalue weighted by molar-refractivity contribution is 5.30. The highest BCUT2D eigenvalue weighted by Crippen LogP contribution is 2.11. The van der Waals surface area contributed by atoms with Gasteiger partial charge in [-0.1, -0.05) is 17.7 Å². The maximum Gasteiger partial charge on any atom is 0.167 e. The zero-order chi connectivity index (χ0) is 9.84. The van der Waals surface area contributed by atoms with Crippen molar-refractivity contribution < 1.29 is 4.58 Å². The van der Waals surface area contributed by atoms with Crippen molar-refractivity contribution in [3.63, 3.8) is 0 Å². The van der Waals surface area contributed by atoms with Crippen LogP contribution in [-0.2, 0) is 6.54 Å². The van der Waals surface area contributed by atoms with E-state index in [-0.39, 0.29) is 0 Å². The fourth-order valence-corrected chi connectivity index (χ4v) is 1.32. The standard InChI is InChI=1S/C12H18N/c1-5-13(4)9-12-8-10(2)6-7-11(12)3/h6-8H,4-5,9H2,1-3H3/q+1. The van der Waals surface area contributed by atoms with E-state index < -0.39 is 0 Å². The van der Waals surface area contributed by atoms with Gasteiger partial charge in [0.25, 0.3) is 0 Å². The highest BCUT2D eigenvalue weighted by atomic mass is 15.0. The van der Waals surface area contributed by atoms with Crippen molar-refractivity contribution in [3.8, 4) is 0 Å². The van der Waals surface area contributed by atoms with E-state index in [1.165, 1.54) is 16.7 Å². The molecule has 0 aromatic heterocycles. The molecule has 0 spiro atoms. The second kappa shape index (κ2) is 4.22. The molecule has 70 valence electrons. The molecule has 13 heavy (non-hydrogen) atoms. The SMILES string of the molecule is C=[N+](CC)Cc1cc(C)ccc1C. The number of hydrogen-bond donors (Lipinski definition) is 0. The molecule has 0 fully saturated rings. The zero-order valence-electron chi connectivity index (χ0n) is 8.80. The molecule has 0 aliphatic rings. The van der Waals surface area contributed by atoms with Crippen LogP contribution in [0.15, 0.2) is 18.2 Å². The molecule has 0 amide bonds. The number of aryl methyl sites for hydroxylation is 2. The van der Waals surface area contributed by atoms with Crippen molar-refractivity contribution in [1.29, 1.82) is 0 Å². The topological polar surface area (TPSA) is 3.01 Å². The maximum absolute atomic E-state index is 3.96. The van der Waals surface area contributed by atoms with E-state index in [1.54, 1.807) is 0 Å². The van der Waals surface area contributed by atoms with Crippen LogP contribution >= 0.6 is 0 Å². The average Bonchev–Trinajstić information content (AvgIpc) is 2.11. The second-order valence-electron chi connectivity index (χ2n) is 3.58. The van der Waals surface area contributed by atoms with Gasteiger partial charge in [0.1, 0.15) is 13.3 Å². The van der Waals surface area contributed by atoms with Gasteiger partial charge in [0.05, 0.1) is 0 Å². The molecular weight excluding hydrogens is 158 g/mol. The Labute approximate surface area is 80.7 Å². The van der Waals surface area contributed by atoms with Gasteiger partial charge >= 0.3 is 0 Å². The molecule has 0 saturated carbocycles. The van der Waals surface area contributed by atoms with Crippen molar-refractivity contribution in [2.45, 2.75) is 27.3 Å².